The number of nitrogens with one attached hydrogen (secondary N) is 1. The number of fused-ring (bicyclic) bond motifs is 1. The fourth-order valence-corrected chi connectivity index (χ4v) is 6.34. The number of nitrogens with zero attached hydrogens (tertiary/aromatic N) is 4. The molecule has 0 atom stereocenters. The van der Waals surface area contributed by atoms with Gasteiger partial charge in [0.25, 0.3) is 5.91 Å². The Bertz CT molecular complexity index is 1240. The fourth-order valence-electron chi connectivity index (χ4n) is 4.23. The summed E-state index contributed by atoms with van der Waals surface area (Å²) in [6.45, 7) is 4.35. The fraction of sp³-hybridized carbons (Fsp3) is 0.421. The quantitative estimate of drug-likeness (QED) is 0.631. The third-order valence-electron chi connectivity index (χ3n) is 5.96. The van der Waals surface area contributed by atoms with E-state index in [1.54, 1.807) is 13.3 Å². The maximum atomic E-state index is 13.2. The number of aryl methyl sites for hydroxylation is 1. The number of primary sulfonamides is 1. The maximum absolute atomic E-state index is 13.2. The first-order valence-corrected chi connectivity index (χ1v) is 12.1. The summed E-state index contributed by atoms with van der Waals surface area (Å²) in [7, 11) is -3.84. The van der Waals surface area contributed by atoms with E-state index in [0.717, 1.165) is 36.2 Å². The van der Waals surface area contributed by atoms with Gasteiger partial charge in [0.15, 0.2) is 0 Å². The van der Waals surface area contributed by atoms with Crippen LogP contribution in [0.4, 0.5) is 5.82 Å². The summed E-state index contributed by atoms with van der Waals surface area (Å²) < 4.78 is 23.5. The van der Waals surface area contributed by atoms with Crippen molar-refractivity contribution in [3.05, 3.63) is 34.4 Å². The molecule has 158 valence electrons. The molecule has 3 aromatic rings. The SMILES string of the molecule is Cc1sc(C(=O)N2CCN(c3ncnc4[nH]ccc34)CC3(CC3)C2)cc1S(N)(=O)=O. The number of carbonyl (C=O) groups is 1. The highest BCUT2D eigenvalue weighted by molar-refractivity contribution is 7.89. The zero-order chi connectivity index (χ0) is 21.1. The molecule has 1 aliphatic heterocycles. The van der Waals surface area contributed by atoms with Crippen molar-refractivity contribution in [1.29, 1.82) is 0 Å². The zero-order valence-electron chi connectivity index (χ0n) is 16.5. The molecule has 3 aromatic heterocycles. The van der Waals surface area contributed by atoms with E-state index in [2.05, 4.69) is 19.9 Å². The highest BCUT2D eigenvalue weighted by Gasteiger charge is 2.48. The summed E-state index contributed by atoms with van der Waals surface area (Å²) in [4.78, 5) is 30.2. The molecule has 4 heterocycles. The van der Waals surface area contributed by atoms with Crippen LogP contribution in [0.15, 0.2) is 29.6 Å². The number of hydrogen-bond donors (Lipinski definition) is 2. The molecular weight excluding hydrogens is 424 g/mol. The van der Waals surface area contributed by atoms with Gasteiger partial charge in [0, 0.05) is 42.7 Å². The van der Waals surface area contributed by atoms with Crippen LogP contribution in [0.3, 0.4) is 0 Å². The van der Waals surface area contributed by atoms with Gasteiger partial charge < -0.3 is 14.8 Å². The Balaban J connectivity index is 1.43. The number of nitrogens with two attached hydrogens (primary N) is 1. The molecule has 11 heteroatoms. The average Bonchev–Trinajstić information content (AvgIpc) is 3.13. The van der Waals surface area contributed by atoms with E-state index < -0.39 is 10.0 Å². The topological polar surface area (TPSA) is 125 Å². The summed E-state index contributed by atoms with van der Waals surface area (Å²) in [5.41, 5.74) is 0.848. The lowest BCUT2D eigenvalue weighted by molar-refractivity contribution is 0.0745. The van der Waals surface area contributed by atoms with Crippen molar-refractivity contribution < 1.29 is 13.2 Å². The Hall–Kier alpha value is -2.50. The Morgan fingerprint density at radius 1 is 1.27 bits per heavy atom. The van der Waals surface area contributed by atoms with Gasteiger partial charge in [0.2, 0.25) is 10.0 Å². The van der Waals surface area contributed by atoms with E-state index in [4.69, 9.17) is 5.14 Å². The first-order valence-electron chi connectivity index (χ1n) is 9.71. The predicted octanol–water partition coefficient (Wildman–Crippen LogP) is 1.72. The van der Waals surface area contributed by atoms with Crippen molar-refractivity contribution in [2.45, 2.75) is 24.7 Å². The average molecular weight is 447 g/mol. The lowest BCUT2D eigenvalue weighted by Gasteiger charge is -2.25. The second-order valence-corrected chi connectivity index (χ2v) is 10.9. The van der Waals surface area contributed by atoms with Gasteiger partial charge in [-0.25, -0.2) is 23.5 Å². The third kappa shape index (κ3) is 3.36. The highest BCUT2D eigenvalue weighted by Crippen LogP contribution is 2.49. The van der Waals surface area contributed by atoms with Gasteiger partial charge in [0.05, 0.1) is 15.2 Å². The van der Waals surface area contributed by atoms with Crippen LogP contribution in [0.5, 0.6) is 0 Å². The Morgan fingerprint density at radius 3 is 2.77 bits per heavy atom. The van der Waals surface area contributed by atoms with Gasteiger partial charge >= 0.3 is 0 Å². The van der Waals surface area contributed by atoms with Crippen LogP contribution < -0.4 is 10.0 Å². The number of amides is 1. The van der Waals surface area contributed by atoms with Crippen LogP contribution in [-0.2, 0) is 10.0 Å². The van der Waals surface area contributed by atoms with Gasteiger partial charge in [-0.3, -0.25) is 4.79 Å². The zero-order valence-corrected chi connectivity index (χ0v) is 18.1. The van der Waals surface area contributed by atoms with Crippen molar-refractivity contribution in [2.75, 3.05) is 31.1 Å². The summed E-state index contributed by atoms with van der Waals surface area (Å²) >= 11 is 1.18. The largest absolute Gasteiger partial charge is 0.354 e. The van der Waals surface area contributed by atoms with E-state index in [1.165, 1.54) is 17.4 Å². The molecule has 0 radical (unpaired) electrons. The molecule has 2 fully saturated rings. The molecule has 1 saturated carbocycles. The lowest BCUT2D eigenvalue weighted by atomic mass is 10.1. The molecule has 1 aliphatic carbocycles. The number of hydrogen-bond acceptors (Lipinski definition) is 7. The second-order valence-electron chi connectivity index (χ2n) is 8.16. The minimum absolute atomic E-state index is 0.0317. The lowest BCUT2D eigenvalue weighted by Crippen LogP contribution is -2.36. The first-order chi connectivity index (χ1) is 14.3. The molecule has 1 amide bonds. The Kier molecular flexibility index (Phi) is 4.38. The molecule has 0 unspecified atom stereocenters. The van der Waals surface area contributed by atoms with Crippen molar-refractivity contribution in [2.24, 2.45) is 10.6 Å². The molecule has 3 N–H and O–H groups in total. The smallest absolute Gasteiger partial charge is 0.264 e. The minimum atomic E-state index is -3.84. The molecule has 9 nitrogen and oxygen atoms in total. The molecular formula is C19H22N6O3S2. The Morgan fingerprint density at radius 2 is 2.07 bits per heavy atom. The van der Waals surface area contributed by atoms with Gasteiger partial charge in [-0.15, -0.1) is 11.3 Å². The number of thiophene rings is 1. The predicted molar refractivity (Wildman–Crippen MR) is 114 cm³/mol. The van der Waals surface area contributed by atoms with Gasteiger partial charge in [0.1, 0.15) is 17.8 Å². The van der Waals surface area contributed by atoms with Crippen molar-refractivity contribution in [3.8, 4) is 0 Å². The number of H-pyrrole nitrogens is 1. The monoisotopic (exact) mass is 446 g/mol. The summed E-state index contributed by atoms with van der Waals surface area (Å²) in [6, 6.07) is 3.38. The minimum Gasteiger partial charge on any atom is -0.354 e. The summed E-state index contributed by atoms with van der Waals surface area (Å²) in [5.74, 6) is 0.742. The van der Waals surface area contributed by atoms with Crippen molar-refractivity contribution in [1.82, 2.24) is 19.9 Å². The number of aromatic amines is 1. The molecule has 30 heavy (non-hydrogen) atoms. The van der Waals surface area contributed by atoms with Crippen LogP contribution in [0, 0.1) is 12.3 Å². The van der Waals surface area contributed by atoms with Crippen LogP contribution in [0.25, 0.3) is 11.0 Å². The van der Waals surface area contributed by atoms with E-state index in [9.17, 15) is 13.2 Å². The van der Waals surface area contributed by atoms with Gasteiger partial charge in [-0.2, -0.15) is 0 Å². The van der Waals surface area contributed by atoms with E-state index in [1.807, 2.05) is 17.2 Å². The van der Waals surface area contributed by atoms with Crippen LogP contribution in [-0.4, -0.2) is 60.4 Å². The molecule has 1 saturated heterocycles. The highest BCUT2D eigenvalue weighted by atomic mass is 32.2. The van der Waals surface area contributed by atoms with Gasteiger partial charge in [-0.05, 0) is 31.9 Å². The number of rotatable bonds is 3. The number of carbonyl (C=O) groups excluding carboxylic acids is 1. The van der Waals surface area contributed by atoms with Crippen LogP contribution in [0.1, 0.15) is 27.4 Å². The molecule has 0 aromatic carbocycles. The number of aromatic nitrogens is 3. The first kappa shape index (κ1) is 19.5. The summed E-state index contributed by atoms with van der Waals surface area (Å²) in [5, 5.41) is 6.25. The molecule has 0 bridgehead atoms. The molecule has 1 spiro atoms. The van der Waals surface area contributed by atoms with Gasteiger partial charge in [-0.1, -0.05) is 0 Å². The van der Waals surface area contributed by atoms with Crippen LogP contribution in [0.2, 0.25) is 0 Å². The Labute approximate surface area is 178 Å². The second kappa shape index (κ2) is 6.76. The van der Waals surface area contributed by atoms with Crippen LogP contribution >= 0.6 is 11.3 Å². The number of anilines is 1. The van der Waals surface area contributed by atoms with Crippen molar-refractivity contribution >= 4 is 44.1 Å². The number of sulfonamides is 1. The normalized spacial score (nSPS) is 18.7. The standard InChI is InChI=1S/C19H22N6O3S2/c1-12-15(30(20,27)28)8-14(29-12)18(26)25-7-6-24(9-19(10-25)3-4-19)17-13-2-5-21-16(13)22-11-23-17/h2,5,8,11H,3-4,6-7,9-10H2,1H3,(H2,20,27,28)(H,21,22,23). The summed E-state index contributed by atoms with van der Waals surface area (Å²) in [6.07, 6.45) is 5.53. The van der Waals surface area contributed by atoms with E-state index in [-0.39, 0.29) is 16.2 Å². The molecule has 5 rings (SSSR count). The van der Waals surface area contributed by atoms with Crippen molar-refractivity contribution in [3.63, 3.8) is 0 Å². The molecule has 2 aliphatic rings. The maximum Gasteiger partial charge on any atom is 0.264 e. The third-order valence-corrected chi connectivity index (χ3v) is 8.16. The van der Waals surface area contributed by atoms with E-state index >= 15 is 0 Å². The van der Waals surface area contributed by atoms with E-state index in [0.29, 0.717) is 29.4 Å².